The van der Waals surface area contributed by atoms with Crippen LogP contribution in [0, 0.1) is 5.92 Å². The number of carbonyl (C=O) groups excluding carboxylic acids is 1. The lowest BCUT2D eigenvalue weighted by Crippen LogP contribution is -2.47. The van der Waals surface area contributed by atoms with Gasteiger partial charge in [-0.2, -0.15) is 0 Å². The SMILES string of the molecule is CCC(O)CN1CCC(NC(=O)C(C)C)CC1. The highest BCUT2D eigenvalue weighted by Gasteiger charge is 2.22. The normalized spacial score (nSPS) is 20.5. The molecule has 17 heavy (non-hydrogen) atoms. The quantitative estimate of drug-likeness (QED) is 0.756. The Kier molecular flexibility index (Phi) is 5.92. The zero-order valence-corrected chi connectivity index (χ0v) is 11.3. The van der Waals surface area contributed by atoms with Crippen LogP contribution in [0.4, 0.5) is 0 Å². The first kappa shape index (κ1) is 14.5. The van der Waals surface area contributed by atoms with Crippen molar-refractivity contribution in [1.29, 1.82) is 0 Å². The van der Waals surface area contributed by atoms with E-state index in [2.05, 4.69) is 10.2 Å². The Hall–Kier alpha value is -0.610. The monoisotopic (exact) mass is 242 g/mol. The van der Waals surface area contributed by atoms with Gasteiger partial charge in [0.25, 0.3) is 0 Å². The maximum absolute atomic E-state index is 11.6. The van der Waals surface area contributed by atoms with E-state index in [9.17, 15) is 9.90 Å². The van der Waals surface area contributed by atoms with Crippen molar-refractivity contribution in [2.75, 3.05) is 19.6 Å². The third-order valence-corrected chi connectivity index (χ3v) is 3.40. The number of likely N-dealkylation sites (tertiary alicyclic amines) is 1. The van der Waals surface area contributed by atoms with E-state index in [0.29, 0.717) is 6.04 Å². The van der Waals surface area contributed by atoms with Crippen LogP contribution in [-0.4, -0.2) is 47.7 Å². The number of aliphatic hydroxyl groups excluding tert-OH is 1. The smallest absolute Gasteiger partial charge is 0.222 e. The Balaban J connectivity index is 2.24. The number of carbonyl (C=O) groups is 1. The average Bonchev–Trinajstić information content (AvgIpc) is 2.31. The third-order valence-electron chi connectivity index (χ3n) is 3.40. The van der Waals surface area contributed by atoms with E-state index < -0.39 is 0 Å². The Labute approximate surface area is 104 Å². The minimum atomic E-state index is -0.211. The summed E-state index contributed by atoms with van der Waals surface area (Å²) in [7, 11) is 0. The van der Waals surface area contributed by atoms with Crippen molar-refractivity contribution in [2.24, 2.45) is 5.92 Å². The molecule has 0 radical (unpaired) electrons. The molecule has 1 amide bonds. The van der Waals surface area contributed by atoms with E-state index in [0.717, 1.165) is 38.9 Å². The summed E-state index contributed by atoms with van der Waals surface area (Å²) in [6.45, 7) is 8.55. The van der Waals surface area contributed by atoms with E-state index in [1.165, 1.54) is 0 Å². The van der Waals surface area contributed by atoms with Crippen molar-refractivity contribution >= 4 is 5.91 Å². The number of nitrogens with one attached hydrogen (secondary N) is 1. The molecule has 1 saturated heterocycles. The summed E-state index contributed by atoms with van der Waals surface area (Å²) in [6.07, 6.45) is 2.59. The summed E-state index contributed by atoms with van der Waals surface area (Å²) in [5.74, 6) is 0.215. The first-order valence-corrected chi connectivity index (χ1v) is 6.73. The van der Waals surface area contributed by atoms with Gasteiger partial charge in [-0.15, -0.1) is 0 Å². The lowest BCUT2D eigenvalue weighted by molar-refractivity contribution is -0.125. The van der Waals surface area contributed by atoms with Gasteiger partial charge in [0.2, 0.25) is 5.91 Å². The largest absolute Gasteiger partial charge is 0.392 e. The maximum atomic E-state index is 11.6. The summed E-state index contributed by atoms with van der Waals surface area (Å²) >= 11 is 0. The molecule has 1 fully saturated rings. The first-order valence-electron chi connectivity index (χ1n) is 6.73. The van der Waals surface area contributed by atoms with Crippen molar-refractivity contribution in [3.05, 3.63) is 0 Å². The first-order chi connectivity index (χ1) is 8.02. The van der Waals surface area contributed by atoms with E-state index >= 15 is 0 Å². The molecule has 0 bridgehead atoms. The molecule has 1 heterocycles. The molecule has 1 aliphatic heterocycles. The number of hydrogen-bond acceptors (Lipinski definition) is 3. The van der Waals surface area contributed by atoms with Crippen molar-refractivity contribution in [2.45, 2.75) is 52.2 Å². The predicted octanol–water partition coefficient (Wildman–Crippen LogP) is 0.994. The zero-order chi connectivity index (χ0) is 12.8. The summed E-state index contributed by atoms with van der Waals surface area (Å²) in [5, 5.41) is 12.7. The molecule has 1 aliphatic rings. The highest BCUT2D eigenvalue weighted by Crippen LogP contribution is 2.12. The lowest BCUT2D eigenvalue weighted by Gasteiger charge is -2.33. The van der Waals surface area contributed by atoms with Gasteiger partial charge in [0, 0.05) is 31.6 Å². The fraction of sp³-hybridized carbons (Fsp3) is 0.923. The molecule has 1 rings (SSSR count). The van der Waals surface area contributed by atoms with Crippen LogP contribution in [0.25, 0.3) is 0 Å². The Morgan fingerprint density at radius 1 is 1.41 bits per heavy atom. The molecule has 1 atom stereocenters. The Bertz CT molecular complexity index is 236. The van der Waals surface area contributed by atoms with Gasteiger partial charge in [-0.25, -0.2) is 0 Å². The summed E-state index contributed by atoms with van der Waals surface area (Å²) in [4.78, 5) is 13.8. The number of rotatable bonds is 5. The van der Waals surface area contributed by atoms with Gasteiger partial charge in [-0.05, 0) is 19.3 Å². The average molecular weight is 242 g/mol. The number of β-amino-alcohol motifs (C(OH)–C–C–N with tert-alkyl or cyclic N) is 1. The molecular weight excluding hydrogens is 216 g/mol. The van der Waals surface area contributed by atoms with E-state index in [4.69, 9.17) is 0 Å². The molecule has 4 nitrogen and oxygen atoms in total. The van der Waals surface area contributed by atoms with Crippen LogP contribution in [0.3, 0.4) is 0 Å². The molecular formula is C13H26N2O2. The fourth-order valence-electron chi connectivity index (χ4n) is 2.05. The summed E-state index contributed by atoms with van der Waals surface area (Å²) < 4.78 is 0. The Morgan fingerprint density at radius 2 is 2.00 bits per heavy atom. The molecule has 0 aliphatic carbocycles. The number of aliphatic hydroxyl groups is 1. The molecule has 0 saturated carbocycles. The second kappa shape index (κ2) is 6.97. The van der Waals surface area contributed by atoms with Crippen molar-refractivity contribution in [3.8, 4) is 0 Å². The van der Waals surface area contributed by atoms with Crippen LogP contribution >= 0.6 is 0 Å². The van der Waals surface area contributed by atoms with Crippen LogP contribution in [0.15, 0.2) is 0 Å². The van der Waals surface area contributed by atoms with Crippen molar-refractivity contribution < 1.29 is 9.90 Å². The molecule has 0 aromatic rings. The van der Waals surface area contributed by atoms with Crippen molar-refractivity contribution in [1.82, 2.24) is 10.2 Å². The van der Waals surface area contributed by atoms with E-state index in [-0.39, 0.29) is 17.9 Å². The zero-order valence-electron chi connectivity index (χ0n) is 11.3. The summed E-state index contributed by atoms with van der Waals surface area (Å²) in [6, 6.07) is 0.319. The predicted molar refractivity (Wildman–Crippen MR) is 68.7 cm³/mol. The van der Waals surface area contributed by atoms with Gasteiger partial charge < -0.3 is 15.3 Å². The van der Waals surface area contributed by atoms with Gasteiger partial charge in [0.05, 0.1) is 6.10 Å². The van der Waals surface area contributed by atoms with Crippen LogP contribution in [0.5, 0.6) is 0 Å². The highest BCUT2D eigenvalue weighted by atomic mass is 16.3. The van der Waals surface area contributed by atoms with Gasteiger partial charge in [-0.3, -0.25) is 4.79 Å². The number of amides is 1. The number of nitrogens with zero attached hydrogens (tertiary/aromatic N) is 1. The minimum absolute atomic E-state index is 0.0648. The second-order valence-corrected chi connectivity index (χ2v) is 5.30. The van der Waals surface area contributed by atoms with E-state index in [1.54, 1.807) is 0 Å². The van der Waals surface area contributed by atoms with Crippen LogP contribution in [0.2, 0.25) is 0 Å². The molecule has 100 valence electrons. The van der Waals surface area contributed by atoms with Crippen LogP contribution < -0.4 is 5.32 Å². The second-order valence-electron chi connectivity index (χ2n) is 5.30. The van der Waals surface area contributed by atoms with Gasteiger partial charge in [0.15, 0.2) is 0 Å². The molecule has 0 aromatic carbocycles. The maximum Gasteiger partial charge on any atom is 0.222 e. The topological polar surface area (TPSA) is 52.6 Å². The fourth-order valence-corrected chi connectivity index (χ4v) is 2.05. The van der Waals surface area contributed by atoms with Crippen molar-refractivity contribution in [3.63, 3.8) is 0 Å². The Morgan fingerprint density at radius 3 is 2.47 bits per heavy atom. The third kappa shape index (κ3) is 5.04. The lowest BCUT2D eigenvalue weighted by atomic mass is 10.0. The highest BCUT2D eigenvalue weighted by molar-refractivity contribution is 5.78. The molecule has 0 spiro atoms. The molecule has 0 aromatic heterocycles. The van der Waals surface area contributed by atoms with Crippen LogP contribution in [-0.2, 0) is 4.79 Å². The van der Waals surface area contributed by atoms with Gasteiger partial charge in [0.1, 0.15) is 0 Å². The van der Waals surface area contributed by atoms with Gasteiger partial charge in [-0.1, -0.05) is 20.8 Å². The molecule has 1 unspecified atom stereocenters. The van der Waals surface area contributed by atoms with Gasteiger partial charge >= 0.3 is 0 Å². The number of piperidine rings is 1. The minimum Gasteiger partial charge on any atom is -0.392 e. The van der Waals surface area contributed by atoms with Crippen LogP contribution in [0.1, 0.15) is 40.0 Å². The summed E-state index contributed by atoms with van der Waals surface area (Å²) in [5.41, 5.74) is 0. The number of hydrogen-bond donors (Lipinski definition) is 2. The standard InChI is InChI=1S/C13H26N2O2/c1-4-12(16)9-15-7-5-11(6-8-15)14-13(17)10(2)3/h10-12,16H,4-9H2,1-3H3,(H,14,17). The molecule has 4 heteroatoms. The van der Waals surface area contributed by atoms with E-state index in [1.807, 2.05) is 20.8 Å². The molecule has 2 N–H and O–H groups in total.